The molecule has 132 valence electrons. The second-order valence-corrected chi connectivity index (χ2v) is 7.36. The Morgan fingerprint density at radius 2 is 1.92 bits per heavy atom. The van der Waals surface area contributed by atoms with E-state index in [1.807, 2.05) is 4.68 Å². The van der Waals surface area contributed by atoms with Crippen molar-refractivity contribution < 1.29 is 4.79 Å². The van der Waals surface area contributed by atoms with Gasteiger partial charge in [0.25, 0.3) is 0 Å². The topological polar surface area (TPSA) is 99.8 Å². The van der Waals surface area contributed by atoms with Gasteiger partial charge in [-0.3, -0.25) is 4.79 Å². The molecule has 25 heavy (non-hydrogen) atoms. The number of aromatic nitrogens is 3. The molecule has 4 N–H and O–H groups in total. The Balaban J connectivity index is 1.71. The molecule has 6 heteroatoms. The molecule has 0 radical (unpaired) electrons. The summed E-state index contributed by atoms with van der Waals surface area (Å²) < 4.78 is 1.93. The largest absolute Gasteiger partial charge is 0.369 e. The van der Waals surface area contributed by atoms with E-state index in [0.717, 1.165) is 50.0 Å². The van der Waals surface area contributed by atoms with Crippen molar-refractivity contribution in [3.05, 3.63) is 41.0 Å². The van der Waals surface area contributed by atoms with Crippen LogP contribution in [0.15, 0.2) is 18.2 Å². The summed E-state index contributed by atoms with van der Waals surface area (Å²) in [6, 6.07) is 6.83. The molecule has 4 rings (SSSR count). The number of amides is 1. The average Bonchev–Trinajstić information content (AvgIpc) is 3.21. The molecule has 0 saturated heterocycles. The lowest BCUT2D eigenvalue weighted by molar-refractivity contribution is -0.117. The highest BCUT2D eigenvalue weighted by molar-refractivity contribution is 5.75. The minimum Gasteiger partial charge on any atom is -0.369 e. The molecule has 0 bridgehead atoms. The van der Waals surface area contributed by atoms with Crippen LogP contribution in [0, 0.1) is 0 Å². The zero-order valence-electron chi connectivity index (χ0n) is 14.4. The SMILES string of the molecule is NC(=O)Cc1nc(C2CCC(N)CC2)n(-c2ccc3c(c2)CCC3)n1. The maximum atomic E-state index is 11.3. The molecular weight excluding hydrogens is 314 g/mol. The molecule has 0 aliphatic heterocycles. The Labute approximate surface area is 147 Å². The van der Waals surface area contributed by atoms with Crippen LogP contribution in [-0.2, 0) is 24.1 Å². The van der Waals surface area contributed by atoms with Gasteiger partial charge in [-0.15, -0.1) is 0 Å². The normalized spacial score (nSPS) is 22.8. The van der Waals surface area contributed by atoms with Gasteiger partial charge < -0.3 is 11.5 Å². The van der Waals surface area contributed by atoms with E-state index in [-0.39, 0.29) is 12.5 Å². The van der Waals surface area contributed by atoms with E-state index in [4.69, 9.17) is 11.5 Å². The van der Waals surface area contributed by atoms with Gasteiger partial charge in [0, 0.05) is 12.0 Å². The van der Waals surface area contributed by atoms with Crippen LogP contribution in [0.1, 0.15) is 60.8 Å². The van der Waals surface area contributed by atoms with Crippen molar-refractivity contribution in [2.24, 2.45) is 11.5 Å². The van der Waals surface area contributed by atoms with E-state index in [9.17, 15) is 4.79 Å². The van der Waals surface area contributed by atoms with Crippen molar-refractivity contribution >= 4 is 5.91 Å². The van der Waals surface area contributed by atoms with Crippen LogP contribution < -0.4 is 11.5 Å². The lowest BCUT2D eigenvalue weighted by Crippen LogP contribution is -2.26. The number of nitrogens with zero attached hydrogens (tertiary/aromatic N) is 3. The predicted octanol–water partition coefficient (Wildman–Crippen LogP) is 1.77. The molecule has 0 atom stereocenters. The van der Waals surface area contributed by atoms with Gasteiger partial charge in [0.15, 0.2) is 5.82 Å². The van der Waals surface area contributed by atoms with Crippen LogP contribution >= 0.6 is 0 Å². The van der Waals surface area contributed by atoms with Crippen LogP contribution in [0.25, 0.3) is 5.69 Å². The molecule has 2 aromatic rings. The minimum absolute atomic E-state index is 0.0805. The van der Waals surface area contributed by atoms with Gasteiger partial charge in [-0.1, -0.05) is 6.07 Å². The fourth-order valence-electron chi connectivity index (χ4n) is 4.12. The van der Waals surface area contributed by atoms with E-state index in [2.05, 4.69) is 28.3 Å². The maximum Gasteiger partial charge on any atom is 0.225 e. The third-order valence-electron chi connectivity index (χ3n) is 5.47. The fraction of sp³-hybridized carbons (Fsp3) is 0.526. The summed E-state index contributed by atoms with van der Waals surface area (Å²) in [7, 11) is 0. The summed E-state index contributed by atoms with van der Waals surface area (Å²) in [5.41, 5.74) is 15.3. The fourth-order valence-corrected chi connectivity index (χ4v) is 4.12. The number of fused-ring (bicyclic) bond motifs is 1. The predicted molar refractivity (Wildman–Crippen MR) is 95.5 cm³/mol. The van der Waals surface area contributed by atoms with Crippen LogP contribution in [-0.4, -0.2) is 26.7 Å². The quantitative estimate of drug-likeness (QED) is 0.886. The van der Waals surface area contributed by atoms with Crippen LogP contribution in [0.4, 0.5) is 0 Å². The van der Waals surface area contributed by atoms with E-state index in [0.29, 0.717) is 11.7 Å². The van der Waals surface area contributed by atoms with Gasteiger partial charge in [0.1, 0.15) is 5.82 Å². The Bertz CT molecular complexity index is 789. The first-order valence-corrected chi connectivity index (χ1v) is 9.22. The minimum atomic E-state index is -0.400. The van der Waals surface area contributed by atoms with Gasteiger partial charge in [-0.25, -0.2) is 9.67 Å². The van der Waals surface area contributed by atoms with E-state index >= 15 is 0 Å². The summed E-state index contributed by atoms with van der Waals surface area (Å²) in [4.78, 5) is 16.0. The number of aryl methyl sites for hydroxylation is 2. The van der Waals surface area contributed by atoms with Crippen molar-refractivity contribution in [1.82, 2.24) is 14.8 Å². The molecule has 0 spiro atoms. The second-order valence-electron chi connectivity index (χ2n) is 7.36. The van der Waals surface area contributed by atoms with Crippen molar-refractivity contribution in [1.29, 1.82) is 0 Å². The third-order valence-corrected chi connectivity index (χ3v) is 5.47. The molecule has 1 saturated carbocycles. The average molecular weight is 339 g/mol. The molecule has 1 aromatic carbocycles. The lowest BCUT2D eigenvalue weighted by Gasteiger charge is -2.25. The summed E-state index contributed by atoms with van der Waals surface area (Å²) in [6.07, 6.45) is 7.63. The molecule has 1 aromatic heterocycles. The molecule has 2 aliphatic rings. The van der Waals surface area contributed by atoms with E-state index in [1.54, 1.807) is 0 Å². The van der Waals surface area contributed by atoms with Crippen molar-refractivity contribution in [3.8, 4) is 5.69 Å². The maximum absolute atomic E-state index is 11.3. The second kappa shape index (κ2) is 6.59. The van der Waals surface area contributed by atoms with Crippen LogP contribution in [0.2, 0.25) is 0 Å². The third kappa shape index (κ3) is 3.31. The van der Waals surface area contributed by atoms with Gasteiger partial charge >= 0.3 is 0 Å². The summed E-state index contributed by atoms with van der Waals surface area (Å²) in [5.74, 6) is 1.39. The lowest BCUT2D eigenvalue weighted by atomic mass is 9.86. The molecule has 2 aliphatic carbocycles. The van der Waals surface area contributed by atoms with Crippen LogP contribution in [0.3, 0.4) is 0 Å². The number of carbonyl (C=O) groups excluding carboxylic acids is 1. The number of rotatable bonds is 4. The first-order chi connectivity index (χ1) is 12.1. The highest BCUT2D eigenvalue weighted by Gasteiger charge is 2.26. The Kier molecular flexibility index (Phi) is 4.29. The number of carbonyl (C=O) groups is 1. The Morgan fingerprint density at radius 1 is 1.16 bits per heavy atom. The van der Waals surface area contributed by atoms with Gasteiger partial charge in [0.2, 0.25) is 5.91 Å². The highest BCUT2D eigenvalue weighted by atomic mass is 16.1. The molecule has 0 unspecified atom stereocenters. The standard InChI is InChI=1S/C19H25N5O/c20-15-7-4-13(5-8-15)19-22-18(11-17(21)25)23-24(19)16-9-6-12-2-1-3-14(12)10-16/h6,9-10,13,15H,1-5,7-8,11,20H2,(H2,21,25). The zero-order valence-corrected chi connectivity index (χ0v) is 14.4. The Hall–Kier alpha value is -2.21. The monoisotopic (exact) mass is 339 g/mol. The number of hydrogen-bond acceptors (Lipinski definition) is 4. The summed E-state index contributed by atoms with van der Waals surface area (Å²) >= 11 is 0. The Morgan fingerprint density at radius 3 is 2.68 bits per heavy atom. The van der Waals surface area contributed by atoms with E-state index < -0.39 is 5.91 Å². The van der Waals surface area contributed by atoms with Crippen LogP contribution in [0.5, 0.6) is 0 Å². The molecule has 6 nitrogen and oxygen atoms in total. The molecule has 1 heterocycles. The molecule has 1 fully saturated rings. The molecule has 1 amide bonds. The van der Waals surface area contributed by atoms with Gasteiger partial charge in [-0.2, -0.15) is 5.10 Å². The highest BCUT2D eigenvalue weighted by Crippen LogP contribution is 2.33. The number of nitrogens with two attached hydrogens (primary N) is 2. The molecular formula is C19H25N5O. The number of benzene rings is 1. The number of hydrogen-bond donors (Lipinski definition) is 2. The van der Waals surface area contributed by atoms with E-state index in [1.165, 1.54) is 17.5 Å². The van der Waals surface area contributed by atoms with Crippen molar-refractivity contribution in [2.75, 3.05) is 0 Å². The summed E-state index contributed by atoms with van der Waals surface area (Å²) in [5, 5.41) is 4.61. The van der Waals surface area contributed by atoms with Gasteiger partial charge in [0.05, 0.1) is 12.1 Å². The first kappa shape index (κ1) is 16.3. The number of primary amides is 1. The summed E-state index contributed by atoms with van der Waals surface area (Å²) in [6.45, 7) is 0. The van der Waals surface area contributed by atoms with Gasteiger partial charge in [-0.05, 0) is 68.2 Å². The van der Waals surface area contributed by atoms with Crippen molar-refractivity contribution in [2.45, 2.75) is 63.3 Å². The first-order valence-electron chi connectivity index (χ1n) is 9.22. The van der Waals surface area contributed by atoms with Crippen molar-refractivity contribution in [3.63, 3.8) is 0 Å². The smallest absolute Gasteiger partial charge is 0.225 e. The zero-order chi connectivity index (χ0) is 17.4.